The molecular formula is C11H14N4. The quantitative estimate of drug-likeness (QED) is 0.803. The molecule has 78 valence electrons. The van der Waals surface area contributed by atoms with Crippen LogP contribution in [0.2, 0.25) is 0 Å². The van der Waals surface area contributed by atoms with Crippen molar-refractivity contribution in [2.45, 2.75) is 13.0 Å². The van der Waals surface area contributed by atoms with Crippen molar-refractivity contribution in [3.05, 3.63) is 36.2 Å². The third kappa shape index (κ3) is 1.89. The minimum absolute atomic E-state index is 0.0973. The summed E-state index contributed by atoms with van der Waals surface area (Å²) in [6, 6.07) is 9.79. The summed E-state index contributed by atoms with van der Waals surface area (Å²) in [5.41, 5.74) is 6.80. The fourth-order valence-electron chi connectivity index (χ4n) is 1.50. The molecule has 1 aromatic carbocycles. The van der Waals surface area contributed by atoms with Gasteiger partial charge in [0.25, 0.3) is 0 Å². The predicted molar refractivity (Wildman–Crippen MR) is 59.0 cm³/mol. The van der Waals surface area contributed by atoms with Crippen LogP contribution in [0.3, 0.4) is 0 Å². The molecule has 4 nitrogen and oxygen atoms in total. The van der Waals surface area contributed by atoms with Gasteiger partial charge in [0.1, 0.15) is 5.82 Å². The molecule has 1 heterocycles. The lowest BCUT2D eigenvalue weighted by atomic mass is 10.2. The SMILES string of the molecule is C[C@H](N)c1nc(-c2ccccc2)nn1C. The summed E-state index contributed by atoms with van der Waals surface area (Å²) >= 11 is 0. The molecule has 0 aliphatic rings. The summed E-state index contributed by atoms with van der Waals surface area (Å²) in [7, 11) is 1.86. The Bertz CT molecular complexity index is 445. The fourth-order valence-corrected chi connectivity index (χ4v) is 1.50. The van der Waals surface area contributed by atoms with Crippen molar-refractivity contribution in [1.82, 2.24) is 14.8 Å². The molecule has 2 aromatic rings. The van der Waals surface area contributed by atoms with Crippen molar-refractivity contribution in [2.24, 2.45) is 12.8 Å². The summed E-state index contributed by atoms with van der Waals surface area (Å²) in [6.07, 6.45) is 0. The zero-order valence-corrected chi connectivity index (χ0v) is 8.88. The van der Waals surface area contributed by atoms with Crippen LogP contribution in [-0.2, 0) is 7.05 Å². The van der Waals surface area contributed by atoms with Crippen LogP contribution in [0.25, 0.3) is 11.4 Å². The summed E-state index contributed by atoms with van der Waals surface area (Å²) in [5.74, 6) is 1.53. The molecule has 0 fully saturated rings. The first kappa shape index (κ1) is 9.86. The van der Waals surface area contributed by atoms with E-state index in [1.54, 1.807) is 4.68 Å². The van der Waals surface area contributed by atoms with E-state index in [-0.39, 0.29) is 6.04 Å². The molecule has 0 saturated heterocycles. The van der Waals surface area contributed by atoms with E-state index in [4.69, 9.17) is 5.73 Å². The topological polar surface area (TPSA) is 56.7 Å². The number of rotatable bonds is 2. The first-order valence-electron chi connectivity index (χ1n) is 4.90. The van der Waals surface area contributed by atoms with Crippen LogP contribution < -0.4 is 5.73 Å². The van der Waals surface area contributed by atoms with Crippen LogP contribution in [0.4, 0.5) is 0 Å². The number of aryl methyl sites for hydroxylation is 1. The van der Waals surface area contributed by atoms with E-state index in [1.807, 2.05) is 44.3 Å². The molecule has 0 aliphatic carbocycles. The fraction of sp³-hybridized carbons (Fsp3) is 0.273. The standard InChI is InChI=1S/C11H14N4/c1-8(12)11-13-10(14-15(11)2)9-6-4-3-5-7-9/h3-8H,12H2,1-2H3/t8-/m0/s1. The molecule has 0 amide bonds. The number of hydrogen-bond acceptors (Lipinski definition) is 3. The molecule has 0 unspecified atom stereocenters. The van der Waals surface area contributed by atoms with Gasteiger partial charge in [0.2, 0.25) is 0 Å². The highest BCUT2D eigenvalue weighted by Crippen LogP contribution is 2.16. The molecule has 15 heavy (non-hydrogen) atoms. The highest BCUT2D eigenvalue weighted by molar-refractivity contribution is 5.54. The van der Waals surface area contributed by atoms with Crippen LogP contribution >= 0.6 is 0 Å². The van der Waals surface area contributed by atoms with Crippen LogP contribution in [0.1, 0.15) is 18.8 Å². The van der Waals surface area contributed by atoms with Gasteiger partial charge in [-0.05, 0) is 6.92 Å². The number of nitrogens with two attached hydrogens (primary N) is 1. The second-order valence-corrected chi connectivity index (χ2v) is 3.57. The second-order valence-electron chi connectivity index (χ2n) is 3.57. The monoisotopic (exact) mass is 202 g/mol. The van der Waals surface area contributed by atoms with Gasteiger partial charge in [-0.3, -0.25) is 4.68 Å². The summed E-state index contributed by atoms with van der Waals surface area (Å²) in [4.78, 5) is 4.41. The maximum Gasteiger partial charge on any atom is 0.181 e. The lowest BCUT2D eigenvalue weighted by Gasteiger charge is -2.00. The van der Waals surface area contributed by atoms with Gasteiger partial charge in [-0.1, -0.05) is 30.3 Å². The van der Waals surface area contributed by atoms with Gasteiger partial charge in [-0.15, -0.1) is 0 Å². The zero-order chi connectivity index (χ0) is 10.8. The lowest BCUT2D eigenvalue weighted by Crippen LogP contribution is -2.11. The molecule has 4 heteroatoms. The van der Waals surface area contributed by atoms with Gasteiger partial charge < -0.3 is 5.73 Å². The molecule has 0 aliphatic heterocycles. The largest absolute Gasteiger partial charge is 0.322 e. The minimum atomic E-state index is -0.0973. The Morgan fingerprint density at radius 1 is 1.27 bits per heavy atom. The van der Waals surface area contributed by atoms with Crippen molar-refractivity contribution in [3.63, 3.8) is 0 Å². The normalized spacial score (nSPS) is 12.7. The van der Waals surface area contributed by atoms with Crippen molar-refractivity contribution in [3.8, 4) is 11.4 Å². The number of benzene rings is 1. The molecule has 2 N–H and O–H groups in total. The predicted octanol–water partition coefficient (Wildman–Crippen LogP) is 1.50. The lowest BCUT2D eigenvalue weighted by molar-refractivity contribution is 0.639. The van der Waals surface area contributed by atoms with E-state index in [0.717, 1.165) is 17.2 Å². The molecule has 1 atom stereocenters. The van der Waals surface area contributed by atoms with Crippen molar-refractivity contribution < 1.29 is 0 Å². The van der Waals surface area contributed by atoms with Crippen LogP contribution in [0.15, 0.2) is 30.3 Å². The first-order chi connectivity index (χ1) is 7.18. The van der Waals surface area contributed by atoms with Crippen molar-refractivity contribution >= 4 is 0 Å². The highest BCUT2D eigenvalue weighted by Gasteiger charge is 2.11. The Balaban J connectivity index is 2.43. The van der Waals surface area contributed by atoms with E-state index in [2.05, 4.69) is 10.1 Å². The molecule has 1 aromatic heterocycles. The molecule has 2 rings (SSSR count). The molecule has 0 spiro atoms. The highest BCUT2D eigenvalue weighted by atomic mass is 15.3. The Kier molecular flexibility index (Phi) is 2.51. The Morgan fingerprint density at radius 3 is 2.47 bits per heavy atom. The van der Waals surface area contributed by atoms with Gasteiger partial charge in [0, 0.05) is 12.6 Å². The Morgan fingerprint density at radius 2 is 1.93 bits per heavy atom. The van der Waals surface area contributed by atoms with Crippen LogP contribution in [0.5, 0.6) is 0 Å². The van der Waals surface area contributed by atoms with Crippen molar-refractivity contribution in [2.75, 3.05) is 0 Å². The summed E-state index contributed by atoms with van der Waals surface area (Å²) < 4.78 is 1.73. The summed E-state index contributed by atoms with van der Waals surface area (Å²) in [5, 5.41) is 4.33. The molecule has 0 saturated carbocycles. The maximum absolute atomic E-state index is 5.78. The van der Waals surface area contributed by atoms with E-state index < -0.39 is 0 Å². The van der Waals surface area contributed by atoms with Gasteiger partial charge in [-0.2, -0.15) is 5.10 Å². The minimum Gasteiger partial charge on any atom is -0.322 e. The maximum atomic E-state index is 5.78. The third-order valence-corrected chi connectivity index (χ3v) is 2.24. The van der Waals surface area contributed by atoms with E-state index in [0.29, 0.717) is 0 Å². The van der Waals surface area contributed by atoms with Gasteiger partial charge in [-0.25, -0.2) is 4.98 Å². The van der Waals surface area contributed by atoms with Gasteiger partial charge in [0.05, 0.1) is 6.04 Å². The number of nitrogens with zero attached hydrogens (tertiary/aromatic N) is 3. The molecular weight excluding hydrogens is 188 g/mol. The zero-order valence-electron chi connectivity index (χ0n) is 8.88. The van der Waals surface area contributed by atoms with Gasteiger partial charge in [0.15, 0.2) is 5.82 Å². The van der Waals surface area contributed by atoms with Crippen LogP contribution in [0, 0.1) is 0 Å². The third-order valence-electron chi connectivity index (χ3n) is 2.24. The van der Waals surface area contributed by atoms with E-state index >= 15 is 0 Å². The average molecular weight is 202 g/mol. The number of hydrogen-bond donors (Lipinski definition) is 1. The van der Waals surface area contributed by atoms with E-state index in [1.165, 1.54) is 0 Å². The Hall–Kier alpha value is -1.68. The number of aromatic nitrogens is 3. The molecule has 0 radical (unpaired) electrons. The first-order valence-corrected chi connectivity index (χ1v) is 4.90. The Labute approximate surface area is 88.8 Å². The van der Waals surface area contributed by atoms with Crippen molar-refractivity contribution in [1.29, 1.82) is 0 Å². The average Bonchev–Trinajstić information content (AvgIpc) is 2.62. The van der Waals surface area contributed by atoms with Gasteiger partial charge >= 0.3 is 0 Å². The van der Waals surface area contributed by atoms with E-state index in [9.17, 15) is 0 Å². The summed E-state index contributed by atoms with van der Waals surface area (Å²) in [6.45, 7) is 1.90. The second kappa shape index (κ2) is 3.82. The molecule has 0 bridgehead atoms. The smallest absolute Gasteiger partial charge is 0.181 e. The van der Waals surface area contributed by atoms with Crippen LogP contribution in [-0.4, -0.2) is 14.8 Å².